The maximum Gasteiger partial charge on any atom is 0.279 e. The quantitative estimate of drug-likeness (QED) is 0.779. The van der Waals surface area contributed by atoms with Gasteiger partial charge in [0.15, 0.2) is 0 Å². The highest BCUT2D eigenvalue weighted by molar-refractivity contribution is 7.87. The third-order valence-electron chi connectivity index (χ3n) is 5.03. The third-order valence-corrected chi connectivity index (χ3v) is 6.59. The molecule has 25 heavy (non-hydrogen) atoms. The summed E-state index contributed by atoms with van der Waals surface area (Å²) in [6, 6.07) is 1.54. The molecule has 0 unspecified atom stereocenters. The van der Waals surface area contributed by atoms with Crippen LogP contribution in [0.3, 0.4) is 0 Å². The maximum atomic E-state index is 12.0. The van der Waals surface area contributed by atoms with E-state index in [4.69, 9.17) is 4.98 Å². The van der Waals surface area contributed by atoms with Crippen molar-refractivity contribution in [3.63, 3.8) is 0 Å². The average molecular weight is 369 g/mol. The number of nitrogens with zero attached hydrogens (tertiary/aromatic N) is 4. The van der Waals surface area contributed by atoms with E-state index >= 15 is 0 Å². The Morgan fingerprint density at radius 2 is 2.00 bits per heavy atom. The molecule has 3 rings (SSSR count). The number of aromatic nitrogens is 2. The van der Waals surface area contributed by atoms with Crippen LogP contribution in [0.1, 0.15) is 43.0 Å². The van der Waals surface area contributed by atoms with Gasteiger partial charge >= 0.3 is 0 Å². The molecular formula is C16H27N5O3S. The van der Waals surface area contributed by atoms with Gasteiger partial charge in [-0.05, 0) is 32.3 Å². The minimum Gasteiger partial charge on any atom is -0.390 e. The van der Waals surface area contributed by atoms with Crippen LogP contribution in [0.2, 0.25) is 0 Å². The summed E-state index contributed by atoms with van der Waals surface area (Å²) in [6.07, 6.45) is 3.29. The number of hydrogen-bond acceptors (Lipinski definition) is 6. The minimum absolute atomic E-state index is 0.314. The predicted octanol–water partition coefficient (Wildman–Crippen LogP) is 0.388. The fourth-order valence-corrected chi connectivity index (χ4v) is 4.05. The van der Waals surface area contributed by atoms with Crippen molar-refractivity contribution < 1.29 is 13.5 Å². The molecule has 1 aromatic rings. The molecule has 0 spiro atoms. The Morgan fingerprint density at radius 1 is 1.28 bits per heavy atom. The van der Waals surface area contributed by atoms with Gasteiger partial charge in [0.25, 0.3) is 10.2 Å². The lowest BCUT2D eigenvalue weighted by atomic mass is 9.82. The van der Waals surface area contributed by atoms with E-state index in [0.717, 1.165) is 15.7 Å². The molecule has 0 radical (unpaired) electrons. The molecular weight excluding hydrogens is 342 g/mol. The van der Waals surface area contributed by atoms with Crippen LogP contribution < -0.4 is 9.62 Å². The molecule has 8 nitrogen and oxygen atoms in total. The number of rotatable bonds is 5. The van der Waals surface area contributed by atoms with Crippen molar-refractivity contribution in [2.24, 2.45) is 0 Å². The molecule has 1 aliphatic heterocycles. The van der Waals surface area contributed by atoms with Crippen molar-refractivity contribution in [3.8, 4) is 0 Å². The highest BCUT2D eigenvalue weighted by Crippen LogP contribution is 2.36. The van der Waals surface area contributed by atoms with Crippen LogP contribution in [0, 0.1) is 6.92 Å². The lowest BCUT2D eigenvalue weighted by molar-refractivity contribution is 0.123. The second-order valence-corrected chi connectivity index (χ2v) is 9.09. The zero-order chi connectivity index (χ0) is 18.2. The van der Waals surface area contributed by atoms with Crippen molar-refractivity contribution in [2.75, 3.05) is 32.1 Å². The molecule has 2 N–H and O–H groups in total. The highest BCUT2D eigenvalue weighted by Gasteiger charge is 2.33. The molecule has 1 saturated heterocycles. The van der Waals surface area contributed by atoms with E-state index < -0.39 is 22.4 Å². The Hall–Kier alpha value is -1.29. The van der Waals surface area contributed by atoms with E-state index in [1.165, 1.54) is 33.4 Å². The zero-order valence-electron chi connectivity index (χ0n) is 15.0. The van der Waals surface area contributed by atoms with Gasteiger partial charge in [-0.25, -0.2) is 9.97 Å². The van der Waals surface area contributed by atoms with Crippen LogP contribution in [0.4, 0.5) is 5.95 Å². The second kappa shape index (κ2) is 7.14. The second-order valence-electron chi connectivity index (χ2n) is 7.18. The summed E-state index contributed by atoms with van der Waals surface area (Å²) in [5.74, 6) is 1.16. The van der Waals surface area contributed by atoms with E-state index in [-0.39, 0.29) is 0 Å². The highest BCUT2D eigenvalue weighted by atomic mass is 32.2. The summed E-state index contributed by atoms with van der Waals surface area (Å²) in [4.78, 5) is 11.2. The first-order valence-electron chi connectivity index (χ1n) is 8.74. The van der Waals surface area contributed by atoms with Gasteiger partial charge in [-0.15, -0.1) is 0 Å². The average Bonchev–Trinajstić information content (AvgIpc) is 2.46. The van der Waals surface area contributed by atoms with E-state index in [0.29, 0.717) is 31.4 Å². The smallest absolute Gasteiger partial charge is 0.279 e. The van der Waals surface area contributed by atoms with Crippen molar-refractivity contribution >= 4 is 16.2 Å². The number of aliphatic hydroxyl groups excluding tert-OH is 1. The third kappa shape index (κ3) is 4.11. The molecule has 2 aliphatic rings. The van der Waals surface area contributed by atoms with E-state index in [1.807, 2.05) is 17.9 Å². The Labute approximate surface area is 149 Å². The van der Waals surface area contributed by atoms with Gasteiger partial charge in [-0.2, -0.15) is 17.4 Å². The molecule has 1 saturated carbocycles. The van der Waals surface area contributed by atoms with Gasteiger partial charge in [0.2, 0.25) is 5.95 Å². The SMILES string of the molecule is Cc1cc(C2CCC2)nc(N2CC[C@@H](NS(=O)(=O)N(C)C)[C@H](O)C2)n1. The summed E-state index contributed by atoms with van der Waals surface area (Å²) in [6.45, 7) is 2.88. The van der Waals surface area contributed by atoms with Crippen LogP contribution in [0.5, 0.6) is 0 Å². The first-order valence-corrected chi connectivity index (χ1v) is 10.2. The molecule has 0 amide bonds. The number of piperidine rings is 1. The molecule has 2 atom stereocenters. The van der Waals surface area contributed by atoms with Gasteiger partial charge in [0.05, 0.1) is 12.1 Å². The summed E-state index contributed by atoms with van der Waals surface area (Å²) >= 11 is 0. The summed E-state index contributed by atoms with van der Waals surface area (Å²) < 4.78 is 27.6. The Balaban J connectivity index is 1.69. The lowest BCUT2D eigenvalue weighted by Gasteiger charge is -2.37. The number of hydrogen-bond donors (Lipinski definition) is 2. The lowest BCUT2D eigenvalue weighted by Crippen LogP contribution is -2.56. The van der Waals surface area contributed by atoms with Crippen LogP contribution in [-0.4, -0.2) is 67.1 Å². The minimum atomic E-state index is -3.56. The fraction of sp³-hybridized carbons (Fsp3) is 0.750. The largest absolute Gasteiger partial charge is 0.390 e. The first kappa shape index (κ1) is 18.5. The monoisotopic (exact) mass is 369 g/mol. The van der Waals surface area contributed by atoms with Crippen LogP contribution in [0.25, 0.3) is 0 Å². The van der Waals surface area contributed by atoms with Crippen molar-refractivity contribution in [1.29, 1.82) is 0 Å². The molecule has 1 aliphatic carbocycles. The van der Waals surface area contributed by atoms with Crippen molar-refractivity contribution in [3.05, 3.63) is 17.5 Å². The molecule has 1 aromatic heterocycles. The molecule has 0 aromatic carbocycles. The van der Waals surface area contributed by atoms with Crippen LogP contribution in [-0.2, 0) is 10.2 Å². The Morgan fingerprint density at radius 3 is 2.56 bits per heavy atom. The number of anilines is 1. The van der Waals surface area contributed by atoms with E-state index in [1.54, 1.807) is 0 Å². The zero-order valence-corrected chi connectivity index (χ0v) is 15.8. The molecule has 140 valence electrons. The molecule has 9 heteroatoms. The Kier molecular flexibility index (Phi) is 5.29. The van der Waals surface area contributed by atoms with Crippen molar-refractivity contribution in [1.82, 2.24) is 19.0 Å². The van der Waals surface area contributed by atoms with E-state index in [9.17, 15) is 13.5 Å². The molecule has 2 heterocycles. The first-order chi connectivity index (χ1) is 11.8. The normalized spacial score (nSPS) is 25.2. The van der Waals surface area contributed by atoms with E-state index in [2.05, 4.69) is 9.71 Å². The van der Waals surface area contributed by atoms with Gasteiger partial charge in [0, 0.05) is 44.5 Å². The summed E-state index contributed by atoms with van der Waals surface area (Å²) in [5, 5.41) is 10.4. The topological polar surface area (TPSA) is 98.7 Å². The van der Waals surface area contributed by atoms with Crippen molar-refractivity contribution in [2.45, 2.75) is 50.7 Å². The van der Waals surface area contributed by atoms with Crippen LogP contribution >= 0.6 is 0 Å². The van der Waals surface area contributed by atoms with Gasteiger partial charge in [0.1, 0.15) is 0 Å². The molecule has 2 fully saturated rings. The summed E-state index contributed by atoms with van der Waals surface area (Å²) in [5.41, 5.74) is 2.01. The summed E-state index contributed by atoms with van der Waals surface area (Å²) in [7, 11) is -0.630. The van der Waals surface area contributed by atoms with Gasteiger partial charge in [-0.3, -0.25) is 0 Å². The standard InChI is InChI=1S/C16H27N5O3S/c1-11-9-14(12-5-4-6-12)18-16(17-11)21-8-7-13(15(22)10-21)19-25(23,24)20(2)3/h9,12-13,15,19,22H,4-8,10H2,1-3H3/t13-,15-/m1/s1. The number of aryl methyl sites for hydroxylation is 1. The number of aliphatic hydroxyl groups is 1. The van der Waals surface area contributed by atoms with Gasteiger partial charge < -0.3 is 10.0 Å². The van der Waals surface area contributed by atoms with Gasteiger partial charge in [-0.1, -0.05) is 6.42 Å². The van der Waals surface area contributed by atoms with Crippen LogP contribution in [0.15, 0.2) is 6.07 Å². The Bertz CT molecular complexity index is 720. The number of β-amino-alcohol motifs (C(OH)–C–C–N with tert-alkyl or cyclic N) is 1. The number of nitrogens with one attached hydrogen (secondary N) is 1. The predicted molar refractivity (Wildman–Crippen MR) is 95.7 cm³/mol. The molecule has 0 bridgehead atoms. The fourth-order valence-electron chi connectivity index (χ4n) is 3.18. The maximum absolute atomic E-state index is 12.0.